The Morgan fingerprint density at radius 2 is 1.80 bits per heavy atom. The molecule has 0 bridgehead atoms. The number of aliphatic hydroxyl groups excluding tert-OH is 1. The summed E-state index contributed by atoms with van der Waals surface area (Å²) in [5, 5.41) is 20.9. The third kappa shape index (κ3) is 8.05. The number of anilines is 2. The average Bonchev–Trinajstić information content (AvgIpc) is 3.08. The van der Waals surface area contributed by atoms with Gasteiger partial charge in [0.05, 0.1) is 31.3 Å². The molecular weight excluding hydrogens is 570 g/mol. The minimum Gasteiger partial charge on any atom is -0.488 e. The van der Waals surface area contributed by atoms with Crippen molar-refractivity contribution in [1.82, 2.24) is 15.1 Å². The maximum atomic E-state index is 13.6. The van der Waals surface area contributed by atoms with E-state index in [9.17, 15) is 19.5 Å². The lowest BCUT2D eigenvalue weighted by Gasteiger charge is -2.34. The summed E-state index contributed by atoms with van der Waals surface area (Å²) >= 11 is 0. The van der Waals surface area contributed by atoms with E-state index in [1.54, 1.807) is 35.0 Å². The second kappa shape index (κ2) is 14.6. The molecule has 4 N–H and O–H groups in total. The lowest BCUT2D eigenvalue weighted by atomic mass is 9.96. The Balaban J connectivity index is 1.35. The molecule has 5 rings (SSSR count). The maximum Gasteiger partial charge on any atom is 0.323 e. The van der Waals surface area contributed by atoms with Crippen molar-refractivity contribution in [2.24, 2.45) is 5.92 Å². The van der Waals surface area contributed by atoms with Crippen LogP contribution in [0.5, 0.6) is 5.75 Å². The van der Waals surface area contributed by atoms with E-state index in [1.807, 2.05) is 56.3 Å². The Labute approximate surface area is 265 Å². The number of ether oxygens (including phenoxy) is 1. The highest BCUT2D eigenvalue weighted by molar-refractivity contribution is 6.06. The highest BCUT2D eigenvalue weighted by atomic mass is 16.5. The highest BCUT2D eigenvalue weighted by Gasteiger charge is 2.32. The number of nitrogens with zero attached hydrogens (tertiary/aromatic N) is 2. The van der Waals surface area contributed by atoms with E-state index in [1.165, 1.54) is 6.42 Å². The van der Waals surface area contributed by atoms with E-state index >= 15 is 0 Å². The number of likely N-dealkylation sites (N-methyl/N-ethyl adjacent to an activating group) is 1. The fourth-order valence-electron chi connectivity index (χ4n) is 6.23. The number of carbonyl (C=O) groups excluding carboxylic acids is 3. The predicted octanol–water partition coefficient (Wildman–Crippen LogP) is 5.61. The predicted molar refractivity (Wildman–Crippen MR) is 177 cm³/mol. The Hall–Kier alpha value is -4.31. The maximum absolute atomic E-state index is 13.6. The van der Waals surface area contributed by atoms with Gasteiger partial charge in [0.2, 0.25) is 5.91 Å². The van der Waals surface area contributed by atoms with Gasteiger partial charge in [0.25, 0.3) is 0 Å². The van der Waals surface area contributed by atoms with Crippen molar-refractivity contribution in [2.75, 3.05) is 37.4 Å². The van der Waals surface area contributed by atoms with E-state index < -0.39 is 12.1 Å². The number of carbonyl (C=O) groups is 3. The molecule has 10 heteroatoms. The molecule has 1 aliphatic heterocycles. The van der Waals surface area contributed by atoms with E-state index in [-0.39, 0.29) is 43.0 Å². The number of urea groups is 2. The molecule has 1 heterocycles. The van der Waals surface area contributed by atoms with Crippen molar-refractivity contribution in [3.05, 3.63) is 66.2 Å². The molecular formula is C35H45N5O5. The molecule has 10 nitrogen and oxygen atoms in total. The van der Waals surface area contributed by atoms with Crippen LogP contribution in [0.3, 0.4) is 0 Å². The molecule has 0 radical (unpaired) electrons. The molecule has 5 amide bonds. The molecule has 0 unspecified atom stereocenters. The number of hydrogen-bond donors (Lipinski definition) is 4. The largest absolute Gasteiger partial charge is 0.488 e. The number of nitrogens with one attached hydrogen (secondary N) is 3. The number of amides is 5. The van der Waals surface area contributed by atoms with Crippen LogP contribution in [-0.4, -0.2) is 77.8 Å². The SMILES string of the molecule is C[C@H]1CN([C@@H](C)CO)C(=O)Cc2cc(NC(=O)Nc3cccc4ccccc34)ccc2O[C@H]1CN(C)C(=O)NC1CCCCC1. The topological polar surface area (TPSA) is 123 Å². The zero-order valence-electron chi connectivity index (χ0n) is 26.4. The quantitative estimate of drug-likeness (QED) is 0.275. The molecule has 3 atom stereocenters. The second-order valence-corrected chi connectivity index (χ2v) is 12.5. The van der Waals surface area contributed by atoms with Crippen molar-refractivity contribution in [1.29, 1.82) is 0 Å². The molecule has 1 aliphatic carbocycles. The number of aliphatic hydroxyl groups is 1. The molecule has 2 aliphatic rings. The van der Waals surface area contributed by atoms with Crippen molar-refractivity contribution in [2.45, 2.75) is 70.6 Å². The molecule has 0 saturated heterocycles. The van der Waals surface area contributed by atoms with Crippen LogP contribution in [0.1, 0.15) is 51.5 Å². The van der Waals surface area contributed by atoms with Crippen LogP contribution in [0.2, 0.25) is 0 Å². The van der Waals surface area contributed by atoms with Gasteiger partial charge in [-0.25, -0.2) is 9.59 Å². The summed E-state index contributed by atoms with van der Waals surface area (Å²) in [6, 6.07) is 18.1. The fraction of sp³-hybridized carbons (Fsp3) is 0.457. The smallest absolute Gasteiger partial charge is 0.323 e. The summed E-state index contributed by atoms with van der Waals surface area (Å²) in [4.78, 5) is 43.0. The van der Waals surface area contributed by atoms with Gasteiger partial charge in [0.15, 0.2) is 0 Å². The van der Waals surface area contributed by atoms with Gasteiger partial charge < -0.3 is 35.6 Å². The normalized spacial score (nSPS) is 19.7. The van der Waals surface area contributed by atoms with Crippen LogP contribution in [0.15, 0.2) is 60.7 Å². The van der Waals surface area contributed by atoms with Gasteiger partial charge in [-0.3, -0.25) is 4.79 Å². The minimum atomic E-state index is -0.418. The summed E-state index contributed by atoms with van der Waals surface area (Å²) in [7, 11) is 1.77. The second-order valence-electron chi connectivity index (χ2n) is 12.5. The average molecular weight is 616 g/mol. The first-order valence-electron chi connectivity index (χ1n) is 16.0. The zero-order valence-corrected chi connectivity index (χ0v) is 26.4. The molecule has 0 aromatic heterocycles. The molecule has 0 spiro atoms. The Kier molecular flexibility index (Phi) is 10.4. The monoisotopic (exact) mass is 615 g/mol. The molecule has 240 valence electrons. The van der Waals surface area contributed by atoms with Gasteiger partial charge >= 0.3 is 12.1 Å². The van der Waals surface area contributed by atoms with Crippen molar-refractivity contribution in [3.8, 4) is 5.75 Å². The van der Waals surface area contributed by atoms with E-state index in [0.29, 0.717) is 35.8 Å². The van der Waals surface area contributed by atoms with Crippen LogP contribution in [0.4, 0.5) is 21.0 Å². The summed E-state index contributed by atoms with van der Waals surface area (Å²) in [5.41, 5.74) is 1.82. The van der Waals surface area contributed by atoms with Crippen molar-refractivity contribution < 1.29 is 24.2 Å². The Morgan fingerprint density at radius 3 is 2.58 bits per heavy atom. The lowest BCUT2D eigenvalue weighted by molar-refractivity contribution is -0.134. The van der Waals surface area contributed by atoms with Gasteiger partial charge in [-0.15, -0.1) is 0 Å². The summed E-state index contributed by atoms with van der Waals surface area (Å²) < 4.78 is 6.56. The summed E-state index contributed by atoms with van der Waals surface area (Å²) in [6.07, 6.45) is 5.08. The summed E-state index contributed by atoms with van der Waals surface area (Å²) in [6.45, 7) is 4.34. The number of benzene rings is 3. The van der Waals surface area contributed by atoms with Gasteiger partial charge in [-0.2, -0.15) is 0 Å². The third-order valence-electron chi connectivity index (χ3n) is 8.95. The van der Waals surface area contributed by atoms with Crippen LogP contribution in [0.25, 0.3) is 10.8 Å². The van der Waals surface area contributed by atoms with Gasteiger partial charge in [0, 0.05) is 42.2 Å². The van der Waals surface area contributed by atoms with Crippen molar-refractivity contribution >= 4 is 40.1 Å². The first-order valence-corrected chi connectivity index (χ1v) is 16.0. The van der Waals surface area contributed by atoms with Crippen molar-refractivity contribution in [3.63, 3.8) is 0 Å². The van der Waals surface area contributed by atoms with E-state index in [0.717, 1.165) is 36.5 Å². The van der Waals surface area contributed by atoms with E-state index in [2.05, 4.69) is 16.0 Å². The first kappa shape index (κ1) is 32.1. The lowest BCUT2D eigenvalue weighted by Crippen LogP contribution is -2.50. The number of fused-ring (bicyclic) bond motifs is 2. The number of rotatable bonds is 7. The van der Waals surface area contributed by atoms with Crippen LogP contribution in [0, 0.1) is 5.92 Å². The van der Waals surface area contributed by atoms with Gasteiger partial charge in [-0.1, -0.05) is 62.6 Å². The van der Waals surface area contributed by atoms with Gasteiger partial charge in [-0.05, 0) is 49.4 Å². The molecule has 1 saturated carbocycles. The van der Waals surface area contributed by atoms with Crippen LogP contribution in [-0.2, 0) is 11.2 Å². The third-order valence-corrected chi connectivity index (χ3v) is 8.95. The fourth-order valence-corrected chi connectivity index (χ4v) is 6.23. The Morgan fingerprint density at radius 1 is 1.04 bits per heavy atom. The van der Waals surface area contributed by atoms with E-state index in [4.69, 9.17) is 4.74 Å². The van der Waals surface area contributed by atoms with Gasteiger partial charge in [0.1, 0.15) is 11.9 Å². The molecule has 3 aromatic rings. The standard InChI is InChI=1S/C35H45N5O5/c1-23-20-40(24(2)22-41)33(42)19-26-18-28(36-34(43)38-30-15-9-11-25-10-7-8-14-29(25)30)16-17-31(26)45-32(23)21-39(3)35(44)37-27-12-5-4-6-13-27/h7-11,14-18,23-24,27,32,41H,4-6,12-13,19-22H2,1-3H3,(H,37,44)(H2,36,38,43)/t23-,24-,32-/m0/s1. The van der Waals surface area contributed by atoms with Crippen LogP contribution < -0.4 is 20.7 Å². The Bertz CT molecular complexity index is 1500. The molecule has 45 heavy (non-hydrogen) atoms. The number of hydrogen-bond acceptors (Lipinski definition) is 5. The van der Waals surface area contributed by atoms with Crippen LogP contribution >= 0.6 is 0 Å². The first-order chi connectivity index (χ1) is 21.7. The minimum absolute atomic E-state index is 0.0393. The highest BCUT2D eigenvalue weighted by Crippen LogP contribution is 2.30. The molecule has 3 aromatic carbocycles. The molecule has 1 fully saturated rings. The summed E-state index contributed by atoms with van der Waals surface area (Å²) in [5.74, 6) is 0.248. The zero-order chi connectivity index (χ0) is 31.9.